The second-order valence-electron chi connectivity index (χ2n) is 6.67. The predicted molar refractivity (Wildman–Crippen MR) is 80.2 cm³/mol. The molecule has 2 heterocycles. The van der Waals surface area contributed by atoms with E-state index >= 15 is 0 Å². The summed E-state index contributed by atoms with van der Waals surface area (Å²) in [5.41, 5.74) is 7.38. The molecule has 0 bridgehead atoms. The number of piperidine rings is 1. The fourth-order valence-corrected chi connectivity index (χ4v) is 2.85. The van der Waals surface area contributed by atoms with Gasteiger partial charge in [0, 0.05) is 31.4 Å². The number of nitrogens with two attached hydrogens (primary N) is 1. The molecule has 2 N–H and O–H groups in total. The molecule has 1 fully saturated rings. The fraction of sp³-hybridized carbons (Fsp3) is 0.625. The Kier molecular flexibility index (Phi) is 4.43. The molecule has 1 aliphatic rings. The fourth-order valence-electron chi connectivity index (χ4n) is 2.85. The summed E-state index contributed by atoms with van der Waals surface area (Å²) in [6, 6.07) is 3.58. The molecule has 0 saturated carbocycles. The number of pyridine rings is 1. The van der Waals surface area contributed by atoms with Gasteiger partial charge >= 0.3 is 0 Å². The number of aromatic nitrogens is 1. The van der Waals surface area contributed by atoms with Gasteiger partial charge in [-0.15, -0.1) is 0 Å². The molecule has 1 aromatic heterocycles. The average molecular weight is 275 g/mol. The smallest absolute Gasteiger partial charge is 0.253 e. The molecule has 2 rings (SSSR count). The molecule has 4 heteroatoms. The Hall–Kier alpha value is -1.42. The van der Waals surface area contributed by atoms with E-state index in [-0.39, 0.29) is 5.91 Å². The van der Waals surface area contributed by atoms with E-state index in [1.807, 2.05) is 4.90 Å². The highest BCUT2D eigenvalue weighted by Gasteiger charge is 2.30. The molecule has 1 aromatic rings. The minimum Gasteiger partial charge on any atom is -0.339 e. The van der Waals surface area contributed by atoms with Crippen molar-refractivity contribution in [2.75, 3.05) is 13.1 Å². The molecule has 0 atom stereocenters. The van der Waals surface area contributed by atoms with E-state index in [1.165, 1.54) is 0 Å². The lowest BCUT2D eigenvalue weighted by molar-refractivity contribution is 0.0608. The highest BCUT2D eigenvalue weighted by atomic mass is 16.2. The summed E-state index contributed by atoms with van der Waals surface area (Å²) >= 11 is 0. The van der Waals surface area contributed by atoms with E-state index in [9.17, 15) is 4.79 Å². The molecule has 1 aliphatic heterocycles. The number of carbonyl (C=O) groups excluding carboxylic acids is 1. The summed E-state index contributed by atoms with van der Waals surface area (Å²) in [4.78, 5) is 18.6. The third-order valence-corrected chi connectivity index (χ3v) is 4.28. The lowest BCUT2D eigenvalue weighted by Crippen LogP contribution is -2.41. The lowest BCUT2D eigenvalue weighted by atomic mass is 9.75. The van der Waals surface area contributed by atoms with Crippen LogP contribution in [0.25, 0.3) is 0 Å². The molecule has 110 valence electrons. The molecule has 0 radical (unpaired) electrons. The molecule has 0 aliphatic carbocycles. The maximum Gasteiger partial charge on any atom is 0.253 e. The Morgan fingerprint density at radius 2 is 2.05 bits per heavy atom. The first-order chi connectivity index (χ1) is 9.41. The quantitative estimate of drug-likeness (QED) is 0.902. The van der Waals surface area contributed by atoms with Crippen LogP contribution in [0.3, 0.4) is 0 Å². The second kappa shape index (κ2) is 5.92. The number of likely N-dealkylation sites (tertiary alicyclic amines) is 1. The van der Waals surface area contributed by atoms with Crippen LogP contribution < -0.4 is 5.73 Å². The Balaban J connectivity index is 2.01. The molecule has 20 heavy (non-hydrogen) atoms. The van der Waals surface area contributed by atoms with Crippen LogP contribution in [0, 0.1) is 11.3 Å². The minimum absolute atomic E-state index is 0.106. The van der Waals surface area contributed by atoms with Gasteiger partial charge in [-0.1, -0.05) is 20.8 Å². The summed E-state index contributed by atoms with van der Waals surface area (Å²) in [6.45, 7) is 8.91. The van der Waals surface area contributed by atoms with E-state index in [2.05, 4.69) is 25.8 Å². The standard InChI is InChI=1S/C16H25N3O/c1-16(2,3)13-5-8-19(9-6-13)15(20)12-4-7-18-14(10-12)11-17/h4,7,10,13H,5-6,8-9,11,17H2,1-3H3. The number of amides is 1. The first-order valence-electron chi connectivity index (χ1n) is 7.36. The van der Waals surface area contributed by atoms with Gasteiger partial charge in [-0.05, 0) is 36.3 Å². The van der Waals surface area contributed by atoms with E-state index < -0.39 is 0 Å². The van der Waals surface area contributed by atoms with Crippen LogP contribution in [0.5, 0.6) is 0 Å². The third kappa shape index (κ3) is 3.37. The van der Waals surface area contributed by atoms with Crippen molar-refractivity contribution in [1.29, 1.82) is 0 Å². The molecule has 0 unspecified atom stereocenters. The summed E-state index contributed by atoms with van der Waals surface area (Å²) in [5, 5.41) is 0. The van der Waals surface area contributed by atoms with Crippen molar-refractivity contribution >= 4 is 5.91 Å². The van der Waals surface area contributed by atoms with Crippen molar-refractivity contribution < 1.29 is 4.79 Å². The summed E-state index contributed by atoms with van der Waals surface area (Å²) in [6.07, 6.45) is 3.84. The number of rotatable bonds is 2. The average Bonchev–Trinajstić information content (AvgIpc) is 2.46. The minimum atomic E-state index is 0.106. The number of carbonyl (C=O) groups is 1. The summed E-state index contributed by atoms with van der Waals surface area (Å²) in [7, 11) is 0. The maximum absolute atomic E-state index is 12.5. The number of hydrogen-bond acceptors (Lipinski definition) is 3. The molecule has 1 saturated heterocycles. The van der Waals surface area contributed by atoms with Crippen LogP contribution in [0.1, 0.15) is 49.7 Å². The van der Waals surface area contributed by atoms with Crippen LogP contribution in [0.2, 0.25) is 0 Å². The van der Waals surface area contributed by atoms with Crippen LogP contribution in [0.15, 0.2) is 18.3 Å². The van der Waals surface area contributed by atoms with Crippen LogP contribution >= 0.6 is 0 Å². The SMILES string of the molecule is CC(C)(C)C1CCN(C(=O)c2ccnc(CN)c2)CC1. The Bertz CT molecular complexity index is 471. The van der Waals surface area contributed by atoms with Crippen LogP contribution in [0.4, 0.5) is 0 Å². The maximum atomic E-state index is 12.5. The van der Waals surface area contributed by atoms with Crippen molar-refractivity contribution in [2.45, 2.75) is 40.2 Å². The zero-order valence-electron chi connectivity index (χ0n) is 12.7. The molecular weight excluding hydrogens is 250 g/mol. The zero-order chi connectivity index (χ0) is 14.8. The predicted octanol–water partition coefficient (Wildman–Crippen LogP) is 2.44. The topological polar surface area (TPSA) is 59.2 Å². The van der Waals surface area contributed by atoms with E-state index in [0.717, 1.165) is 31.6 Å². The summed E-state index contributed by atoms with van der Waals surface area (Å²) in [5.74, 6) is 0.804. The molecule has 1 amide bonds. The van der Waals surface area contributed by atoms with E-state index in [0.29, 0.717) is 23.4 Å². The Morgan fingerprint density at radius 3 is 2.60 bits per heavy atom. The van der Waals surface area contributed by atoms with Gasteiger partial charge in [-0.2, -0.15) is 0 Å². The van der Waals surface area contributed by atoms with Gasteiger partial charge < -0.3 is 10.6 Å². The highest BCUT2D eigenvalue weighted by molar-refractivity contribution is 5.94. The van der Waals surface area contributed by atoms with Crippen molar-refractivity contribution in [3.63, 3.8) is 0 Å². The molecule has 4 nitrogen and oxygen atoms in total. The molecule has 0 aromatic carbocycles. The van der Waals surface area contributed by atoms with Crippen LogP contribution in [-0.2, 0) is 6.54 Å². The van der Waals surface area contributed by atoms with Gasteiger partial charge in [-0.3, -0.25) is 9.78 Å². The summed E-state index contributed by atoms with van der Waals surface area (Å²) < 4.78 is 0. The normalized spacial score (nSPS) is 17.3. The van der Waals surface area contributed by atoms with Gasteiger partial charge in [0.25, 0.3) is 5.91 Å². The van der Waals surface area contributed by atoms with Crippen molar-refractivity contribution in [3.05, 3.63) is 29.6 Å². The van der Waals surface area contributed by atoms with Crippen LogP contribution in [-0.4, -0.2) is 28.9 Å². The van der Waals surface area contributed by atoms with Gasteiger partial charge in [0.15, 0.2) is 0 Å². The molecule has 0 spiro atoms. The Labute approximate surface area is 121 Å². The lowest BCUT2D eigenvalue weighted by Gasteiger charge is -2.38. The first-order valence-corrected chi connectivity index (χ1v) is 7.36. The Morgan fingerprint density at radius 1 is 1.40 bits per heavy atom. The van der Waals surface area contributed by atoms with Gasteiger partial charge in [0.2, 0.25) is 0 Å². The number of nitrogens with zero attached hydrogens (tertiary/aromatic N) is 2. The second-order valence-corrected chi connectivity index (χ2v) is 6.67. The highest BCUT2D eigenvalue weighted by Crippen LogP contribution is 2.34. The van der Waals surface area contributed by atoms with Crippen molar-refractivity contribution in [3.8, 4) is 0 Å². The first kappa shape index (κ1) is 15.0. The van der Waals surface area contributed by atoms with E-state index in [1.54, 1.807) is 18.3 Å². The van der Waals surface area contributed by atoms with E-state index in [4.69, 9.17) is 5.73 Å². The zero-order valence-corrected chi connectivity index (χ0v) is 12.7. The van der Waals surface area contributed by atoms with Crippen molar-refractivity contribution in [1.82, 2.24) is 9.88 Å². The monoisotopic (exact) mass is 275 g/mol. The van der Waals surface area contributed by atoms with Gasteiger partial charge in [0.05, 0.1) is 5.69 Å². The van der Waals surface area contributed by atoms with Gasteiger partial charge in [-0.25, -0.2) is 0 Å². The van der Waals surface area contributed by atoms with Crippen molar-refractivity contribution in [2.24, 2.45) is 17.1 Å². The largest absolute Gasteiger partial charge is 0.339 e. The number of hydrogen-bond donors (Lipinski definition) is 1. The molecular formula is C16H25N3O. The van der Waals surface area contributed by atoms with Gasteiger partial charge in [0.1, 0.15) is 0 Å². The third-order valence-electron chi connectivity index (χ3n) is 4.28.